The number of nitrogens with zero attached hydrogens (tertiary/aromatic N) is 2. The lowest BCUT2D eigenvalue weighted by Crippen LogP contribution is -2.52. The maximum absolute atomic E-state index is 14.0. The lowest BCUT2D eigenvalue weighted by molar-refractivity contribution is -0.136. The minimum Gasteiger partial charge on any atom is -0.508 e. The minimum absolute atomic E-state index is 0.123. The Labute approximate surface area is 410 Å². The zero-order valence-corrected chi connectivity index (χ0v) is 40.1. The van der Waals surface area contributed by atoms with E-state index in [1.165, 1.54) is 16.2 Å². The Kier molecular flexibility index (Phi) is 15.9. The summed E-state index contributed by atoms with van der Waals surface area (Å²) in [5.74, 6) is -0.155. The van der Waals surface area contributed by atoms with Gasteiger partial charge in [0.05, 0.1) is 0 Å². The Morgan fingerprint density at radius 1 is 0.841 bits per heavy atom. The molecule has 5 aromatic carbocycles. The number of carbonyl (C=O) groups is 5. The second-order valence-corrected chi connectivity index (χ2v) is 19.1. The molecule has 2 aliphatic heterocycles. The standard InChI is InChI=1S/C54H56ClN5O8S/c1-2-59(25-26-68-43-18-13-36(14-19-43)50(64)49-45-21-17-42(62)31-47(45)69-51(49)37-11-15-41(61)16-12-37)24-8-6-4-3-5-7-9-34-28-39(55)30-40(29-34)57-54(67)56-32-35-10-20-44-38(27-35)33-60(53(44)66)46-22-23-48(63)58-52(46)65/h10-21,27-31,46,61-62H,2-9,22-26,32-33H2,1H3,(H2,56,57,67)(H,58,63,65). The van der Waals surface area contributed by atoms with Crippen LogP contribution in [-0.4, -0.2) is 81.8 Å². The number of aromatic hydroxyl groups is 2. The summed E-state index contributed by atoms with van der Waals surface area (Å²) >= 11 is 7.88. The molecule has 1 saturated heterocycles. The highest BCUT2D eigenvalue weighted by atomic mass is 35.5. The molecule has 1 aromatic heterocycles. The second-order valence-electron chi connectivity index (χ2n) is 17.6. The fraction of sp³-hybridized carbons (Fsp3) is 0.315. The van der Waals surface area contributed by atoms with Crippen molar-refractivity contribution in [2.24, 2.45) is 0 Å². The molecular weight excluding hydrogens is 914 g/mol. The number of phenols is 2. The Hall–Kier alpha value is -6.74. The van der Waals surface area contributed by atoms with Gasteiger partial charge in [0, 0.05) is 68.4 Å². The van der Waals surface area contributed by atoms with Crippen molar-refractivity contribution in [2.45, 2.75) is 83.8 Å². The molecule has 1 atom stereocenters. The van der Waals surface area contributed by atoms with Crippen LogP contribution < -0.4 is 20.7 Å². The van der Waals surface area contributed by atoms with Crippen molar-refractivity contribution in [1.29, 1.82) is 0 Å². The monoisotopic (exact) mass is 969 g/mol. The SMILES string of the molecule is CCN(CCCCCCCCc1cc(Cl)cc(NC(=O)NCc2ccc3c(c2)CN(C2CCC(=O)NC2=O)C3=O)c1)CCOc1ccc(C(=O)c2c(-c3ccc(O)cc3)sc3cc(O)ccc23)cc1. The Balaban J connectivity index is 0.709. The number of hydrogen-bond acceptors (Lipinski definition) is 10. The van der Waals surface area contributed by atoms with Crippen LogP contribution in [0.15, 0.2) is 103 Å². The van der Waals surface area contributed by atoms with Gasteiger partial charge in [0.25, 0.3) is 5.91 Å². The maximum atomic E-state index is 14.0. The molecule has 0 spiro atoms. The number of unbranched alkanes of at least 4 members (excludes halogenated alkanes) is 5. The molecule has 1 fully saturated rings. The fourth-order valence-electron chi connectivity index (χ4n) is 9.03. The number of urea groups is 1. The topological polar surface area (TPSA) is 178 Å². The third-order valence-corrected chi connectivity index (χ3v) is 14.1. The number of likely N-dealkylation sites (N-methyl/N-ethyl adjacent to an activating group) is 1. The minimum atomic E-state index is -0.680. The number of nitrogens with one attached hydrogen (secondary N) is 3. The van der Waals surface area contributed by atoms with Gasteiger partial charge in [-0.1, -0.05) is 56.3 Å². The van der Waals surface area contributed by atoms with Crippen LogP contribution in [-0.2, 0) is 29.1 Å². The Morgan fingerprint density at radius 2 is 1.59 bits per heavy atom. The number of anilines is 1. The van der Waals surface area contributed by atoms with E-state index in [9.17, 15) is 34.2 Å². The van der Waals surface area contributed by atoms with Gasteiger partial charge in [-0.25, -0.2) is 4.79 Å². The van der Waals surface area contributed by atoms with E-state index < -0.39 is 11.9 Å². The molecule has 0 saturated carbocycles. The van der Waals surface area contributed by atoms with Crippen LogP contribution in [0.3, 0.4) is 0 Å². The number of ether oxygens (including phenoxy) is 1. The molecule has 0 radical (unpaired) electrons. The molecular formula is C54H56ClN5O8S. The number of halogens is 1. The molecule has 15 heteroatoms. The van der Waals surface area contributed by atoms with Crippen LogP contribution >= 0.6 is 22.9 Å². The van der Waals surface area contributed by atoms with Gasteiger partial charge in [0.15, 0.2) is 5.78 Å². The van der Waals surface area contributed by atoms with Crippen LogP contribution in [0, 0.1) is 0 Å². The first-order valence-electron chi connectivity index (χ1n) is 23.6. The predicted octanol–water partition coefficient (Wildman–Crippen LogP) is 10.2. The third-order valence-electron chi connectivity index (χ3n) is 12.7. The van der Waals surface area contributed by atoms with Crippen LogP contribution in [0.4, 0.5) is 10.5 Å². The quantitative estimate of drug-likeness (QED) is 0.0267. The first-order chi connectivity index (χ1) is 33.4. The fourth-order valence-corrected chi connectivity index (χ4v) is 10.5. The zero-order valence-electron chi connectivity index (χ0n) is 38.5. The van der Waals surface area contributed by atoms with Crippen molar-refractivity contribution < 1.29 is 38.9 Å². The number of fused-ring (bicyclic) bond motifs is 2. The average molecular weight is 971 g/mol. The van der Waals surface area contributed by atoms with Crippen LogP contribution in [0.5, 0.6) is 17.2 Å². The highest BCUT2D eigenvalue weighted by Gasteiger charge is 2.39. The summed E-state index contributed by atoms with van der Waals surface area (Å²) in [6, 6.07) is 29.0. The molecule has 0 aliphatic carbocycles. The zero-order chi connectivity index (χ0) is 48.4. The number of ketones is 1. The largest absolute Gasteiger partial charge is 0.508 e. The average Bonchev–Trinajstić information content (AvgIpc) is 3.87. The molecule has 1 unspecified atom stereocenters. The van der Waals surface area contributed by atoms with E-state index in [1.54, 1.807) is 72.8 Å². The number of imide groups is 1. The number of aryl methyl sites for hydroxylation is 1. The van der Waals surface area contributed by atoms with E-state index in [2.05, 4.69) is 27.8 Å². The first-order valence-corrected chi connectivity index (χ1v) is 24.8. The van der Waals surface area contributed by atoms with Gasteiger partial charge in [0.2, 0.25) is 11.8 Å². The van der Waals surface area contributed by atoms with Crippen LogP contribution in [0.2, 0.25) is 5.02 Å². The molecule has 8 rings (SSSR count). The molecule has 5 amide bonds. The summed E-state index contributed by atoms with van der Waals surface area (Å²) in [6.07, 6.45) is 7.99. The van der Waals surface area contributed by atoms with Crippen LogP contribution in [0.1, 0.15) is 101 Å². The van der Waals surface area contributed by atoms with Crippen molar-refractivity contribution in [3.05, 3.63) is 142 Å². The smallest absolute Gasteiger partial charge is 0.319 e. The molecule has 6 aromatic rings. The normalized spacial score (nSPS) is 14.6. The van der Waals surface area contributed by atoms with Crippen LogP contribution in [0.25, 0.3) is 20.5 Å². The number of phenolic OH excluding ortho intramolecular Hbond substituents is 2. The van der Waals surface area contributed by atoms with E-state index >= 15 is 0 Å². The highest BCUT2D eigenvalue weighted by molar-refractivity contribution is 7.22. The number of thiophene rings is 1. The lowest BCUT2D eigenvalue weighted by atomic mass is 9.97. The molecule has 5 N–H and O–H groups in total. The summed E-state index contributed by atoms with van der Waals surface area (Å²) < 4.78 is 6.90. The molecule has 69 heavy (non-hydrogen) atoms. The van der Waals surface area contributed by atoms with Gasteiger partial charge in [0.1, 0.15) is 29.9 Å². The molecule has 358 valence electrons. The summed E-state index contributed by atoms with van der Waals surface area (Å²) in [5.41, 5.74) is 5.70. The lowest BCUT2D eigenvalue weighted by Gasteiger charge is -2.29. The Morgan fingerprint density at radius 3 is 2.36 bits per heavy atom. The summed E-state index contributed by atoms with van der Waals surface area (Å²) in [5, 5.41) is 29.4. The van der Waals surface area contributed by atoms with Crippen molar-refractivity contribution in [3.63, 3.8) is 0 Å². The summed E-state index contributed by atoms with van der Waals surface area (Å²) in [4.78, 5) is 68.5. The summed E-state index contributed by atoms with van der Waals surface area (Å²) in [7, 11) is 0. The van der Waals surface area contributed by atoms with Gasteiger partial charge >= 0.3 is 6.03 Å². The number of rotatable bonds is 21. The third kappa shape index (κ3) is 12.3. The number of hydrogen-bond donors (Lipinski definition) is 5. The van der Waals surface area contributed by atoms with Gasteiger partial charge in [-0.05, 0) is 152 Å². The molecule has 3 heterocycles. The van der Waals surface area contributed by atoms with Gasteiger partial charge < -0.3 is 35.4 Å². The molecule has 0 bridgehead atoms. The Bertz CT molecular complexity index is 2850. The van der Waals surface area contributed by atoms with Crippen molar-refractivity contribution in [2.75, 3.05) is 31.6 Å². The molecule has 2 aliphatic rings. The van der Waals surface area contributed by atoms with E-state index in [1.807, 2.05) is 30.3 Å². The van der Waals surface area contributed by atoms with Gasteiger partial charge in [-0.2, -0.15) is 0 Å². The van der Waals surface area contributed by atoms with E-state index in [-0.39, 0.29) is 54.6 Å². The van der Waals surface area contributed by atoms with E-state index in [0.29, 0.717) is 46.2 Å². The van der Waals surface area contributed by atoms with E-state index in [0.717, 1.165) is 102 Å². The predicted molar refractivity (Wildman–Crippen MR) is 269 cm³/mol. The number of carbonyl (C=O) groups excluding carboxylic acids is 5. The number of piperidine rings is 1. The van der Waals surface area contributed by atoms with Crippen molar-refractivity contribution in [3.8, 4) is 27.7 Å². The second kappa shape index (κ2) is 22.6. The van der Waals surface area contributed by atoms with Crippen molar-refractivity contribution in [1.82, 2.24) is 20.4 Å². The maximum Gasteiger partial charge on any atom is 0.319 e. The van der Waals surface area contributed by atoms with E-state index in [4.69, 9.17) is 16.3 Å². The summed E-state index contributed by atoms with van der Waals surface area (Å²) in [6.45, 7) is 5.92. The number of amides is 5. The number of benzene rings is 5. The first kappa shape index (κ1) is 48.7. The van der Waals surface area contributed by atoms with Gasteiger partial charge in [-0.3, -0.25) is 24.5 Å². The van der Waals surface area contributed by atoms with Gasteiger partial charge in [-0.15, -0.1) is 11.3 Å². The molecule has 13 nitrogen and oxygen atoms in total. The highest BCUT2D eigenvalue weighted by Crippen LogP contribution is 2.41. The van der Waals surface area contributed by atoms with Crippen molar-refractivity contribution >= 4 is 68.2 Å².